The molecule has 0 spiro atoms. The molecule has 3 aromatic rings. The molecular formula is C19H18Cl2N2O3. The van der Waals surface area contributed by atoms with Crippen molar-refractivity contribution >= 4 is 23.2 Å². The monoisotopic (exact) mass is 392 g/mol. The Kier molecular flexibility index (Phi) is 6.04. The average molecular weight is 393 g/mol. The minimum Gasteiger partial charge on any atom is -0.493 e. The van der Waals surface area contributed by atoms with Gasteiger partial charge in [0.25, 0.3) is 0 Å². The molecule has 2 aromatic carbocycles. The van der Waals surface area contributed by atoms with Gasteiger partial charge in [0.1, 0.15) is 6.26 Å². The first-order chi connectivity index (χ1) is 12.6. The molecule has 1 aromatic heterocycles. The summed E-state index contributed by atoms with van der Waals surface area (Å²) in [5.41, 5.74) is 2.47. The van der Waals surface area contributed by atoms with Crippen molar-refractivity contribution in [3.05, 3.63) is 64.0 Å². The Balaban J connectivity index is 1.66. The van der Waals surface area contributed by atoms with E-state index in [4.69, 9.17) is 37.1 Å². The standard InChI is InChI=1S/C19H18Cl2N2O3/c1-24-17-5-3-4-12(18(17)25-2)9-22-10-14-11-26-19(23-14)15-7-6-13(20)8-16(15)21/h3-8,11,22H,9-10H2,1-2H3. The van der Waals surface area contributed by atoms with Gasteiger partial charge in [0.15, 0.2) is 11.5 Å². The van der Waals surface area contributed by atoms with E-state index in [0.29, 0.717) is 40.3 Å². The van der Waals surface area contributed by atoms with Crippen LogP contribution in [0.3, 0.4) is 0 Å². The van der Waals surface area contributed by atoms with E-state index in [9.17, 15) is 0 Å². The van der Waals surface area contributed by atoms with Gasteiger partial charge in [-0.2, -0.15) is 0 Å². The molecule has 0 aliphatic rings. The van der Waals surface area contributed by atoms with Gasteiger partial charge in [-0.25, -0.2) is 4.98 Å². The summed E-state index contributed by atoms with van der Waals surface area (Å²) in [7, 11) is 3.25. The summed E-state index contributed by atoms with van der Waals surface area (Å²) in [4.78, 5) is 4.47. The zero-order valence-electron chi connectivity index (χ0n) is 14.4. The molecule has 1 heterocycles. The van der Waals surface area contributed by atoms with Crippen molar-refractivity contribution in [2.75, 3.05) is 14.2 Å². The maximum absolute atomic E-state index is 6.19. The zero-order valence-corrected chi connectivity index (χ0v) is 15.9. The number of benzene rings is 2. The number of methoxy groups -OCH3 is 2. The van der Waals surface area contributed by atoms with E-state index in [1.807, 2.05) is 18.2 Å². The highest BCUT2D eigenvalue weighted by Gasteiger charge is 2.12. The van der Waals surface area contributed by atoms with Crippen LogP contribution < -0.4 is 14.8 Å². The van der Waals surface area contributed by atoms with Crippen LogP contribution >= 0.6 is 23.2 Å². The summed E-state index contributed by atoms with van der Waals surface area (Å²) in [5.74, 6) is 1.88. The lowest BCUT2D eigenvalue weighted by Crippen LogP contribution is -2.13. The average Bonchev–Trinajstić information content (AvgIpc) is 3.10. The lowest BCUT2D eigenvalue weighted by molar-refractivity contribution is 0.350. The van der Waals surface area contributed by atoms with Gasteiger partial charge < -0.3 is 19.2 Å². The molecule has 0 aliphatic heterocycles. The van der Waals surface area contributed by atoms with E-state index in [0.717, 1.165) is 17.0 Å². The first-order valence-corrected chi connectivity index (χ1v) is 8.68. The van der Waals surface area contributed by atoms with Crippen LogP contribution in [0.25, 0.3) is 11.5 Å². The normalized spacial score (nSPS) is 10.8. The van der Waals surface area contributed by atoms with Crippen LogP contribution in [0, 0.1) is 0 Å². The highest BCUT2D eigenvalue weighted by atomic mass is 35.5. The molecule has 26 heavy (non-hydrogen) atoms. The van der Waals surface area contributed by atoms with Crippen LogP contribution in [0.5, 0.6) is 11.5 Å². The van der Waals surface area contributed by atoms with Gasteiger partial charge in [-0.1, -0.05) is 35.3 Å². The molecule has 0 amide bonds. The van der Waals surface area contributed by atoms with E-state index in [2.05, 4.69) is 10.3 Å². The second-order valence-electron chi connectivity index (χ2n) is 5.52. The first kappa shape index (κ1) is 18.6. The molecule has 0 atom stereocenters. The van der Waals surface area contributed by atoms with Crippen molar-refractivity contribution in [2.45, 2.75) is 13.1 Å². The van der Waals surface area contributed by atoms with Gasteiger partial charge in [-0.05, 0) is 24.3 Å². The molecule has 0 radical (unpaired) electrons. The van der Waals surface area contributed by atoms with Crippen molar-refractivity contribution < 1.29 is 13.9 Å². The third-order valence-electron chi connectivity index (χ3n) is 3.82. The minimum atomic E-state index is 0.461. The lowest BCUT2D eigenvalue weighted by Gasteiger charge is -2.12. The summed E-state index contributed by atoms with van der Waals surface area (Å²) in [5, 5.41) is 4.39. The molecule has 0 aliphatic carbocycles. The van der Waals surface area contributed by atoms with Crippen molar-refractivity contribution in [3.8, 4) is 23.0 Å². The second-order valence-corrected chi connectivity index (χ2v) is 6.37. The maximum atomic E-state index is 6.19. The molecule has 7 heteroatoms. The molecule has 0 saturated carbocycles. The molecular weight excluding hydrogens is 375 g/mol. The van der Waals surface area contributed by atoms with Crippen molar-refractivity contribution in [1.82, 2.24) is 10.3 Å². The number of oxazole rings is 1. The van der Waals surface area contributed by atoms with E-state index in [1.165, 1.54) is 0 Å². The van der Waals surface area contributed by atoms with Crippen LogP contribution in [-0.4, -0.2) is 19.2 Å². The number of rotatable bonds is 7. The Morgan fingerprint density at radius 2 is 1.92 bits per heavy atom. The third kappa shape index (κ3) is 4.12. The molecule has 0 saturated heterocycles. The van der Waals surface area contributed by atoms with Gasteiger partial charge in [-0.3, -0.25) is 0 Å². The summed E-state index contributed by atoms with van der Waals surface area (Å²) in [6.45, 7) is 1.14. The molecule has 0 fully saturated rings. The zero-order chi connectivity index (χ0) is 18.5. The Morgan fingerprint density at radius 1 is 1.08 bits per heavy atom. The number of hydrogen-bond acceptors (Lipinski definition) is 5. The number of aromatic nitrogens is 1. The van der Waals surface area contributed by atoms with Crippen LogP contribution in [0.1, 0.15) is 11.3 Å². The fourth-order valence-electron chi connectivity index (χ4n) is 2.59. The van der Waals surface area contributed by atoms with E-state index in [-0.39, 0.29) is 0 Å². The Labute approximate surface area is 161 Å². The predicted octanol–water partition coefficient (Wildman–Crippen LogP) is 4.96. The minimum absolute atomic E-state index is 0.461. The Hall–Kier alpha value is -2.21. The summed E-state index contributed by atoms with van der Waals surface area (Å²) in [6, 6.07) is 11.0. The SMILES string of the molecule is COc1cccc(CNCc2coc(-c3ccc(Cl)cc3Cl)n2)c1OC. The predicted molar refractivity (Wildman–Crippen MR) is 102 cm³/mol. The van der Waals surface area contributed by atoms with E-state index in [1.54, 1.807) is 38.7 Å². The first-order valence-electron chi connectivity index (χ1n) is 7.92. The summed E-state index contributed by atoms with van der Waals surface area (Å²) in [6.07, 6.45) is 1.61. The Bertz CT molecular complexity index is 896. The van der Waals surface area contributed by atoms with Crippen molar-refractivity contribution in [2.24, 2.45) is 0 Å². The number of para-hydroxylation sites is 1. The second kappa shape index (κ2) is 8.45. The largest absolute Gasteiger partial charge is 0.493 e. The third-order valence-corrected chi connectivity index (χ3v) is 4.37. The van der Waals surface area contributed by atoms with Crippen LogP contribution in [0.4, 0.5) is 0 Å². The fraction of sp³-hybridized carbons (Fsp3) is 0.211. The van der Waals surface area contributed by atoms with Crippen molar-refractivity contribution in [3.63, 3.8) is 0 Å². The summed E-state index contributed by atoms with van der Waals surface area (Å²) < 4.78 is 16.3. The molecule has 3 rings (SSSR count). The van der Waals surface area contributed by atoms with Gasteiger partial charge in [0.2, 0.25) is 5.89 Å². The van der Waals surface area contributed by atoms with Gasteiger partial charge >= 0.3 is 0 Å². The topological polar surface area (TPSA) is 56.5 Å². The molecule has 0 unspecified atom stereocenters. The van der Waals surface area contributed by atoms with Crippen LogP contribution in [0.15, 0.2) is 47.1 Å². The quantitative estimate of drug-likeness (QED) is 0.615. The molecule has 1 N–H and O–H groups in total. The number of ether oxygens (including phenoxy) is 2. The smallest absolute Gasteiger partial charge is 0.227 e. The van der Waals surface area contributed by atoms with E-state index < -0.39 is 0 Å². The Morgan fingerprint density at radius 3 is 2.65 bits per heavy atom. The molecule has 5 nitrogen and oxygen atoms in total. The number of hydrogen-bond donors (Lipinski definition) is 1. The fourth-order valence-corrected chi connectivity index (χ4v) is 3.08. The highest BCUT2D eigenvalue weighted by molar-refractivity contribution is 6.36. The number of nitrogens with zero attached hydrogens (tertiary/aromatic N) is 1. The van der Waals surface area contributed by atoms with E-state index >= 15 is 0 Å². The highest BCUT2D eigenvalue weighted by Crippen LogP contribution is 2.31. The summed E-state index contributed by atoms with van der Waals surface area (Å²) >= 11 is 12.1. The lowest BCUT2D eigenvalue weighted by atomic mass is 10.2. The van der Waals surface area contributed by atoms with Gasteiger partial charge in [0, 0.05) is 23.7 Å². The van der Waals surface area contributed by atoms with Crippen molar-refractivity contribution in [1.29, 1.82) is 0 Å². The number of halogens is 2. The number of nitrogens with one attached hydrogen (secondary N) is 1. The van der Waals surface area contributed by atoms with Gasteiger partial charge in [-0.15, -0.1) is 0 Å². The molecule has 136 valence electrons. The van der Waals surface area contributed by atoms with Gasteiger partial charge in [0.05, 0.1) is 30.5 Å². The molecule has 0 bridgehead atoms. The maximum Gasteiger partial charge on any atom is 0.227 e. The van der Waals surface area contributed by atoms with Crippen LogP contribution in [0.2, 0.25) is 10.0 Å². The van der Waals surface area contributed by atoms with Crippen LogP contribution in [-0.2, 0) is 13.1 Å².